The van der Waals surface area contributed by atoms with Crippen LogP contribution in [0.3, 0.4) is 0 Å². The van der Waals surface area contributed by atoms with Crippen molar-refractivity contribution in [1.29, 1.82) is 0 Å². The largest absolute Gasteiger partial charge is 0.572 e. The first-order valence-corrected chi connectivity index (χ1v) is 8.11. The smallest absolute Gasteiger partial charge is 0.132 e. The molecule has 0 aliphatic carbocycles. The predicted octanol–water partition coefficient (Wildman–Crippen LogP) is 4.19. The van der Waals surface area contributed by atoms with E-state index in [2.05, 4.69) is 4.72 Å². The Kier molecular flexibility index (Phi) is 4.34. The monoisotopic (exact) mass is 316 g/mol. The van der Waals surface area contributed by atoms with Crippen LogP contribution < -0.4 is 4.74 Å². The molecule has 0 atom stereocenters. The molecule has 0 fully saturated rings. The normalized spacial score (nSPS) is 11.3. The highest BCUT2D eigenvalue weighted by Crippen LogP contribution is 2.33. The van der Waals surface area contributed by atoms with Gasteiger partial charge in [-0.25, -0.2) is 8.42 Å². The van der Waals surface area contributed by atoms with Crippen molar-refractivity contribution in [3.05, 3.63) is 45.5 Å². The maximum Gasteiger partial charge on any atom is 0.132 e. The molecule has 2 rings (SSSR count). The van der Waals surface area contributed by atoms with Crippen LogP contribution in [0.5, 0.6) is 5.75 Å². The number of halogens is 1. The summed E-state index contributed by atoms with van der Waals surface area (Å²) in [4.78, 5) is 0. The van der Waals surface area contributed by atoms with E-state index < -0.39 is 10.0 Å². The van der Waals surface area contributed by atoms with Gasteiger partial charge in [0.15, 0.2) is 0 Å². The first-order chi connectivity index (χ1) is 9.01. The summed E-state index contributed by atoms with van der Waals surface area (Å²) in [6, 6.07) is 9.53. The number of hydrogen-bond acceptors (Lipinski definition) is 4. The number of rotatable bonds is 5. The van der Waals surface area contributed by atoms with Gasteiger partial charge >= 0.3 is 0 Å². The summed E-state index contributed by atoms with van der Waals surface area (Å²) in [5, 5.41) is 0. The molecular weight excluding hydrogens is 306 g/mol. The lowest BCUT2D eigenvalue weighted by molar-refractivity contribution is 0.340. The van der Waals surface area contributed by atoms with Crippen molar-refractivity contribution in [2.24, 2.45) is 0 Å². The summed E-state index contributed by atoms with van der Waals surface area (Å²) in [6.45, 7) is 2.44. The van der Waals surface area contributed by atoms with Gasteiger partial charge < -0.3 is 9.46 Å². The van der Waals surface area contributed by atoms with Crippen LogP contribution in [0.25, 0.3) is 4.72 Å². The SMILES string of the molecule is CCOc1ccc([N-]S(=O)(=O)c2ccc(Cl)s2)cc1. The number of sulfonamides is 1. The van der Waals surface area contributed by atoms with E-state index in [1.54, 1.807) is 24.3 Å². The lowest BCUT2D eigenvalue weighted by Gasteiger charge is -2.20. The Hall–Kier alpha value is -1.24. The van der Waals surface area contributed by atoms with Gasteiger partial charge in [-0.1, -0.05) is 23.7 Å². The third-order valence-electron chi connectivity index (χ3n) is 2.18. The van der Waals surface area contributed by atoms with Crippen molar-refractivity contribution in [1.82, 2.24) is 0 Å². The summed E-state index contributed by atoms with van der Waals surface area (Å²) in [7, 11) is -3.70. The zero-order chi connectivity index (χ0) is 13.9. The highest BCUT2D eigenvalue weighted by atomic mass is 35.5. The summed E-state index contributed by atoms with van der Waals surface area (Å²) in [5.41, 5.74) is 0.355. The third kappa shape index (κ3) is 3.62. The van der Waals surface area contributed by atoms with E-state index in [-0.39, 0.29) is 4.21 Å². The molecule has 2 aromatic rings. The van der Waals surface area contributed by atoms with Gasteiger partial charge in [-0.15, -0.1) is 17.0 Å². The number of thiophene rings is 1. The van der Waals surface area contributed by atoms with Crippen LogP contribution in [0.2, 0.25) is 4.34 Å². The van der Waals surface area contributed by atoms with Gasteiger partial charge in [0, 0.05) is 0 Å². The molecule has 1 aromatic carbocycles. The number of hydrogen-bond donors (Lipinski definition) is 0. The average Bonchev–Trinajstić information content (AvgIpc) is 2.79. The summed E-state index contributed by atoms with van der Waals surface area (Å²) >= 11 is 6.71. The zero-order valence-corrected chi connectivity index (χ0v) is 12.4. The fourth-order valence-corrected chi connectivity index (χ4v) is 3.84. The molecule has 0 amide bonds. The van der Waals surface area contributed by atoms with E-state index in [4.69, 9.17) is 16.3 Å². The molecule has 1 heterocycles. The van der Waals surface area contributed by atoms with Crippen LogP contribution >= 0.6 is 22.9 Å². The standard InChI is InChI=1S/C12H11ClNO3S2/c1-2-17-10-5-3-9(4-6-10)14-19(15,16)12-8-7-11(13)18-12/h3-8H,2H2,1H3/q-1. The third-order valence-corrected chi connectivity index (χ3v) is 5.18. The summed E-state index contributed by atoms with van der Waals surface area (Å²) < 4.78 is 33.5. The molecular formula is C12H11ClNO3S2-. The lowest BCUT2D eigenvalue weighted by atomic mass is 10.3. The highest BCUT2D eigenvalue weighted by Gasteiger charge is 2.07. The second kappa shape index (κ2) is 5.81. The quantitative estimate of drug-likeness (QED) is 0.830. The first kappa shape index (κ1) is 14.2. The molecule has 0 radical (unpaired) electrons. The molecule has 0 aliphatic heterocycles. The summed E-state index contributed by atoms with van der Waals surface area (Å²) in [6.07, 6.45) is 0. The van der Waals surface area contributed by atoms with Gasteiger partial charge in [-0.05, 0) is 31.2 Å². The fraction of sp³-hybridized carbons (Fsp3) is 0.167. The zero-order valence-electron chi connectivity index (χ0n) is 10.0. The molecule has 0 saturated carbocycles. The minimum absolute atomic E-state index is 0.131. The van der Waals surface area contributed by atoms with Crippen molar-refractivity contribution < 1.29 is 13.2 Å². The maximum absolute atomic E-state index is 12.0. The van der Waals surface area contributed by atoms with Crippen LogP contribution in [-0.4, -0.2) is 15.0 Å². The van der Waals surface area contributed by atoms with Gasteiger partial charge in [0.2, 0.25) is 0 Å². The topological polar surface area (TPSA) is 57.5 Å². The van der Waals surface area contributed by atoms with Crippen LogP contribution in [-0.2, 0) is 10.0 Å². The number of ether oxygens (including phenoxy) is 1. The van der Waals surface area contributed by atoms with Gasteiger partial charge in [0.1, 0.15) is 20.0 Å². The van der Waals surface area contributed by atoms with Gasteiger partial charge in [0.05, 0.1) is 10.9 Å². The molecule has 0 N–H and O–H groups in total. The average molecular weight is 317 g/mol. The van der Waals surface area contributed by atoms with Crippen molar-refractivity contribution in [3.8, 4) is 5.75 Å². The molecule has 7 heteroatoms. The van der Waals surface area contributed by atoms with Gasteiger partial charge in [-0.2, -0.15) is 0 Å². The summed E-state index contributed by atoms with van der Waals surface area (Å²) in [5.74, 6) is 0.679. The van der Waals surface area contributed by atoms with E-state index in [0.717, 1.165) is 11.3 Å². The molecule has 0 unspecified atom stereocenters. The molecule has 102 valence electrons. The molecule has 4 nitrogen and oxygen atoms in total. The second-order valence-electron chi connectivity index (χ2n) is 3.55. The van der Waals surface area contributed by atoms with Crippen LogP contribution in [0.4, 0.5) is 5.69 Å². The van der Waals surface area contributed by atoms with E-state index >= 15 is 0 Å². The van der Waals surface area contributed by atoms with Crippen LogP contribution in [0.15, 0.2) is 40.6 Å². The second-order valence-corrected chi connectivity index (χ2v) is 7.10. The molecule has 1 aromatic heterocycles. The Balaban J connectivity index is 2.16. The molecule has 0 spiro atoms. The Bertz CT molecular complexity index is 650. The van der Waals surface area contributed by atoms with Crippen molar-refractivity contribution in [2.45, 2.75) is 11.1 Å². The van der Waals surface area contributed by atoms with Crippen molar-refractivity contribution in [2.75, 3.05) is 6.61 Å². The molecule has 0 aliphatic rings. The van der Waals surface area contributed by atoms with Crippen LogP contribution in [0, 0.1) is 0 Å². The Morgan fingerprint density at radius 1 is 1.21 bits per heavy atom. The van der Waals surface area contributed by atoms with Crippen molar-refractivity contribution >= 4 is 38.6 Å². The first-order valence-electron chi connectivity index (χ1n) is 5.47. The molecule has 0 bridgehead atoms. The van der Waals surface area contributed by atoms with E-state index in [9.17, 15) is 8.42 Å². The Morgan fingerprint density at radius 2 is 1.89 bits per heavy atom. The minimum atomic E-state index is -3.70. The van der Waals surface area contributed by atoms with E-state index in [0.29, 0.717) is 22.4 Å². The van der Waals surface area contributed by atoms with Gasteiger partial charge in [0.25, 0.3) is 0 Å². The number of nitrogens with zero attached hydrogens (tertiary/aromatic N) is 1. The van der Waals surface area contributed by atoms with Gasteiger partial charge in [-0.3, -0.25) is 0 Å². The highest BCUT2D eigenvalue weighted by molar-refractivity contribution is 7.96. The Morgan fingerprint density at radius 3 is 2.42 bits per heavy atom. The molecule has 0 saturated heterocycles. The van der Waals surface area contributed by atoms with E-state index in [1.807, 2.05) is 6.92 Å². The predicted molar refractivity (Wildman–Crippen MR) is 77.1 cm³/mol. The van der Waals surface area contributed by atoms with Crippen molar-refractivity contribution in [3.63, 3.8) is 0 Å². The molecule has 19 heavy (non-hydrogen) atoms. The minimum Gasteiger partial charge on any atom is -0.572 e. The maximum atomic E-state index is 12.0. The van der Waals surface area contributed by atoms with Crippen LogP contribution in [0.1, 0.15) is 6.92 Å². The lowest BCUT2D eigenvalue weighted by Crippen LogP contribution is -1.94. The van der Waals surface area contributed by atoms with E-state index in [1.165, 1.54) is 12.1 Å². The number of benzene rings is 1. The fourth-order valence-electron chi connectivity index (χ4n) is 1.39. The Labute approximate surface area is 121 Å².